The molecule has 0 aliphatic carbocycles. The second-order valence-corrected chi connectivity index (χ2v) is 8.52. The van der Waals surface area contributed by atoms with Gasteiger partial charge in [0.05, 0.1) is 29.2 Å². The van der Waals surface area contributed by atoms with Crippen molar-refractivity contribution in [3.63, 3.8) is 0 Å². The largest absolute Gasteiger partial charge is 0.465 e. The molecule has 0 amide bonds. The third kappa shape index (κ3) is 4.39. The molecule has 2 aromatic heterocycles. The fourth-order valence-corrected chi connectivity index (χ4v) is 4.94. The van der Waals surface area contributed by atoms with Gasteiger partial charge in [-0.3, -0.25) is 4.79 Å². The van der Waals surface area contributed by atoms with Crippen LogP contribution in [0.2, 0.25) is 5.02 Å². The number of carbonyl (C=O) groups excluding carboxylic acids is 1. The van der Waals surface area contributed by atoms with Gasteiger partial charge in [0, 0.05) is 35.4 Å². The van der Waals surface area contributed by atoms with Crippen LogP contribution in [0, 0.1) is 0 Å². The molecule has 154 valence electrons. The van der Waals surface area contributed by atoms with Crippen molar-refractivity contribution in [2.75, 3.05) is 31.7 Å². The van der Waals surface area contributed by atoms with Gasteiger partial charge in [0.15, 0.2) is 0 Å². The summed E-state index contributed by atoms with van der Waals surface area (Å²) in [5.74, 6) is 0.333. The molecule has 0 atom stereocenters. The zero-order chi connectivity index (χ0) is 20.4. The van der Waals surface area contributed by atoms with E-state index in [1.54, 1.807) is 24.5 Å². The summed E-state index contributed by atoms with van der Waals surface area (Å²) in [6, 6.07) is 2.35. The van der Waals surface area contributed by atoms with Crippen molar-refractivity contribution in [2.24, 2.45) is 0 Å². The van der Waals surface area contributed by atoms with Crippen LogP contribution in [0.25, 0.3) is 16.3 Å². The van der Waals surface area contributed by atoms with Crippen molar-refractivity contribution in [2.45, 2.75) is 32.4 Å². The molecular formula is C20H23ClN4O3S. The molecule has 0 bridgehead atoms. The summed E-state index contributed by atoms with van der Waals surface area (Å²) in [6.45, 7) is 8.67. The highest BCUT2D eigenvalue weighted by atomic mass is 35.5. The minimum absolute atomic E-state index is 0.205. The van der Waals surface area contributed by atoms with Crippen LogP contribution >= 0.6 is 22.9 Å². The second kappa shape index (κ2) is 8.69. The van der Waals surface area contributed by atoms with Crippen LogP contribution in [-0.2, 0) is 20.8 Å². The number of hydrogen-bond acceptors (Lipinski definition) is 8. The van der Waals surface area contributed by atoms with Crippen molar-refractivity contribution in [1.82, 2.24) is 14.9 Å². The van der Waals surface area contributed by atoms with E-state index in [1.807, 2.05) is 11.0 Å². The highest BCUT2D eigenvalue weighted by Gasteiger charge is 2.28. The van der Waals surface area contributed by atoms with Gasteiger partial charge in [-0.15, -0.1) is 11.3 Å². The van der Waals surface area contributed by atoms with Crippen LogP contribution in [0.5, 0.6) is 0 Å². The average Bonchev–Trinajstić information content (AvgIpc) is 3.24. The number of fused-ring (bicyclic) bond motifs is 1. The van der Waals surface area contributed by atoms with E-state index in [1.165, 1.54) is 0 Å². The minimum atomic E-state index is -0.244. The van der Waals surface area contributed by atoms with Crippen molar-refractivity contribution in [1.29, 1.82) is 0 Å². The quantitative estimate of drug-likeness (QED) is 0.693. The summed E-state index contributed by atoms with van der Waals surface area (Å²) in [4.78, 5) is 24.8. The number of halogens is 1. The molecule has 0 saturated carbocycles. The number of rotatable bonds is 6. The standard InChI is InChI=1S/C20H23ClN4O3S/c1-3-28-18(26)11-25-10-17-14(12(25)2)8-16(29-17)19-15(21)9-22-20(24-19)23-13-4-6-27-7-5-13/h8-9,13H,2-7,10-11H2,1H3,(H,22,23,24). The van der Waals surface area contributed by atoms with Crippen molar-refractivity contribution in [3.05, 3.63) is 34.3 Å². The van der Waals surface area contributed by atoms with E-state index in [2.05, 4.69) is 21.9 Å². The fourth-order valence-electron chi connectivity index (χ4n) is 3.49. The molecule has 7 nitrogen and oxygen atoms in total. The predicted octanol–water partition coefficient (Wildman–Crippen LogP) is 3.80. The lowest BCUT2D eigenvalue weighted by atomic mass is 10.1. The number of carbonyl (C=O) groups is 1. The first kappa shape index (κ1) is 20.1. The normalized spacial score (nSPS) is 16.8. The van der Waals surface area contributed by atoms with Crippen LogP contribution in [0.1, 0.15) is 30.2 Å². The number of anilines is 1. The maximum absolute atomic E-state index is 11.8. The Bertz CT molecular complexity index is 926. The van der Waals surface area contributed by atoms with E-state index in [9.17, 15) is 4.79 Å². The number of aromatic nitrogens is 2. The summed E-state index contributed by atoms with van der Waals surface area (Å²) in [5.41, 5.74) is 2.56. The number of esters is 1. The SMILES string of the molecule is C=C1c2cc(-c3nc(NC4CCOCC4)ncc3Cl)sc2CN1CC(=O)OCC. The van der Waals surface area contributed by atoms with Gasteiger partial charge < -0.3 is 19.7 Å². The Kier molecular flexibility index (Phi) is 6.03. The van der Waals surface area contributed by atoms with Crippen LogP contribution in [0.3, 0.4) is 0 Å². The van der Waals surface area contributed by atoms with Crippen LogP contribution in [-0.4, -0.2) is 53.2 Å². The summed E-state index contributed by atoms with van der Waals surface area (Å²) in [6.07, 6.45) is 3.51. The topological polar surface area (TPSA) is 76.6 Å². The molecule has 4 heterocycles. The number of nitrogens with one attached hydrogen (secondary N) is 1. The molecule has 0 unspecified atom stereocenters. The summed E-state index contributed by atoms with van der Waals surface area (Å²) in [5, 5.41) is 3.89. The van der Waals surface area contributed by atoms with Gasteiger partial charge in [-0.2, -0.15) is 0 Å². The van der Waals surface area contributed by atoms with Gasteiger partial charge in [0.2, 0.25) is 5.95 Å². The number of hydrogen-bond donors (Lipinski definition) is 1. The Morgan fingerprint density at radius 1 is 1.48 bits per heavy atom. The van der Waals surface area contributed by atoms with E-state index >= 15 is 0 Å². The van der Waals surface area contributed by atoms with E-state index in [0.29, 0.717) is 35.9 Å². The Hall–Kier alpha value is -2.16. The molecule has 2 aromatic rings. The molecule has 0 spiro atoms. The average molecular weight is 435 g/mol. The second-order valence-electron chi connectivity index (χ2n) is 6.98. The highest BCUT2D eigenvalue weighted by Crippen LogP contribution is 2.42. The molecule has 0 radical (unpaired) electrons. The van der Waals surface area contributed by atoms with E-state index in [4.69, 9.17) is 21.1 Å². The van der Waals surface area contributed by atoms with E-state index in [0.717, 1.165) is 47.1 Å². The first-order valence-corrected chi connectivity index (χ1v) is 10.8. The van der Waals surface area contributed by atoms with Gasteiger partial charge in [-0.05, 0) is 25.8 Å². The van der Waals surface area contributed by atoms with E-state index < -0.39 is 0 Å². The van der Waals surface area contributed by atoms with Gasteiger partial charge in [-0.1, -0.05) is 18.2 Å². The molecule has 4 rings (SSSR count). The number of ether oxygens (including phenoxy) is 2. The molecule has 2 aliphatic rings. The van der Waals surface area contributed by atoms with Gasteiger partial charge in [0.1, 0.15) is 12.2 Å². The molecule has 9 heteroatoms. The molecular weight excluding hydrogens is 412 g/mol. The Morgan fingerprint density at radius 2 is 2.28 bits per heavy atom. The van der Waals surface area contributed by atoms with Gasteiger partial charge >= 0.3 is 5.97 Å². The third-order valence-corrected chi connectivity index (χ3v) is 6.40. The maximum Gasteiger partial charge on any atom is 0.325 e. The monoisotopic (exact) mass is 434 g/mol. The zero-order valence-corrected chi connectivity index (χ0v) is 17.8. The molecule has 2 aliphatic heterocycles. The van der Waals surface area contributed by atoms with Crippen molar-refractivity contribution >= 4 is 40.6 Å². The first-order chi connectivity index (χ1) is 14.0. The first-order valence-electron chi connectivity index (χ1n) is 9.65. The molecule has 29 heavy (non-hydrogen) atoms. The smallest absolute Gasteiger partial charge is 0.325 e. The lowest BCUT2D eigenvalue weighted by Gasteiger charge is -2.23. The maximum atomic E-state index is 11.8. The number of thiophene rings is 1. The van der Waals surface area contributed by atoms with Gasteiger partial charge in [-0.25, -0.2) is 9.97 Å². The third-order valence-electron chi connectivity index (χ3n) is 4.99. The lowest BCUT2D eigenvalue weighted by molar-refractivity contribution is -0.143. The van der Waals surface area contributed by atoms with E-state index in [-0.39, 0.29) is 12.5 Å². The Labute approximate surface area is 178 Å². The minimum Gasteiger partial charge on any atom is -0.465 e. The molecule has 0 aromatic carbocycles. The van der Waals surface area contributed by atoms with Gasteiger partial charge in [0.25, 0.3) is 0 Å². The summed E-state index contributed by atoms with van der Waals surface area (Å²) in [7, 11) is 0. The zero-order valence-electron chi connectivity index (χ0n) is 16.2. The van der Waals surface area contributed by atoms with Crippen molar-refractivity contribution < 1.29 is 14.3 Å². The Balaban J connectivity index is 1.51. The summed E-state index contributed by atoms with van der Waals surface area (Å²) < 4.78 is 10.4. The molecule has 1 saturated heterocycles. The van der Waals surface area contributed by atoms with Crippen molar-refractivity contribution in [3.8, 4) is 10.6 Å². The molecule has 1 N–H and O–H groups in total. The Morgan fingerprint density at radius 3 is 3.00 bits per heavy atom. The number of nitrogens with zero attached hydrogens (tertiary/aromatic N) is 3. The van der Waals surface area contributed by atoms with Crippen LogP contribution in [0.15, 0.2) is 18.8 Å². The van der Waals surface area contributed by atoms with Crippen LogP contribution < -0.4 is 5.32 Å². The van der Waals surface area contributed by atoms with Crippen LogP contribution in [0.4, 0.5) is 5.95 Å². The fraction of sp³-hybridized carbons (Fsp3) is 0.450. The highest BCUT2D eigenvalue weighted by molar-refractivity contribution is 7.15. The summed E-state index contributed by atoms with van der Waals surface area (Å²) >= 11 is 8.02. The lowest BCUT2D eigenvalue weighted by Crippen LogP contribution is -2.28. The predicted molar refractivity (Wildman–Crippen MR) is 114 cm³/mol. The molecule has 1 fully saturated rings.